The molecule has 0 aliphatic rings. The molecule has 1 heterocycles. The van der Waals surface area contributed by atoms with Gasteiger partial charge in [0.25, 0.3) is 0 Å². The molecule has 0 aliphatic heterocycles. The van der Waals surface area contributed by atoms with E-state index in [2.05, 4.69) is 28.9 Å². The predicted molar refractivity (Wildman–Crippen MR) is 137 cm³/mol. The zero-order valence-electron chi connectivity index (χ0n) is 20.9. The van der Waals surface area contributed by atoms with E-state index in [1.807, 2.05) is 55.5 Å². The van der Waals surface area contributed by atoms with E-state index < -0.39 is 6.10 Å². The van der Waals surface area contributed by atoms with Gasteiger partial charge in [0.05, 0.1) is 13.2 Å². The van der Waals surface area contributed by atoms with Gasteiger partial charge in [-0.05, 0) is 68.3 Å². The van der Waals surface area contributed by atoms with Crippen molar-refractivity contribution in [2.45, 2.75) is 46.8 Å². The van der Waals surface area contributed by atoms with Crippen molar-refractivity contribution < 1.29 is 23.8 Å². The van der Waals surface area contributed by atoms with E-state index in [4.69, 9.17) is 14.2 Å². The van der Waals surface area contributed by atoms with Gasteiger partial charge in [-0.3, -0.25) is 4.79 Å². The van der Waals surface area contributed by atoms with Crippen molar-refractivity contribution in [1.29, 1.82) is 0 Å². The first-order valence-corrected chi connectivity index (χ1v) is 11.9. The zero-order chi connectivity index (χ0) is 25.2. The van der Waals surface area contributed by atoms with E-state index in [1.165, 1.54) is 6.92 Å². The van der Waals surface area contributed by atoms with Crippen molar-refractivity contribution in [3.63, 3.8) is 0 Å². The highest BCUT2D eigenvalue weighted by Crippen LogP contribution is 2.24. The van der Waals surface area contributed by atoms with Crippen molar-refractivity contribution in [3.8, 4) is 17.0 Å². The molecule has 1 atom stereocenters. The summed E-state index contributed by atoms with van der Waals surface area (Å²) < 4.78 is 18.9. The van der Waals surface area contributed by atoms with Crippen LogP contribution in [0.15, 0.2) is 60.7 Å². The Morgan fingerprint density at radius 1 is 0.943 bits per heavy atom. The number of carbonyl (C=O) groups is 2. The number of esters is 1. The highest BCUT2D eigenvalue weighted by atomic mass is 16.6. The van der Waals surface area contributed by atoms with Crippen LogP contribution in [0.5, 0.6) is 5.75 Å². The van der Waals surface area contributed by atoms with Gasteiger partial charge in [-0.25, -0.2) is 4.79 Å². The summed E-state index contributed by atoms with van der Waals surface area (Å²) in [5.74, 6) is 0.344. The standard InChI is InChI=1S/C28H34N2O5/c1-5-33-27(28(32)34-6-2)19-22-8-14-25(15-9-22)35-18-17-30-20(3)7-16-26(30)23-10-12-24(13-11-23)29-21(4)31/h7-16,27H,5-6,17-19H2,1-4H3,(H,29,31). The fourth-order valence-electron chi connectivity index (χ4n) is 3.88. The summed E-state index contributed by atoms with van der Waals surface area (Å²) in [5, 5.41) is 2.79. The maximum absolute atomic E-state index is 12.1. The first kappa shape index (κ1) is 26.0. The summed E-state index contributed by atoms with van der Waals surface area (Å²) in [6.07, 6.45) is -0.145. The second-order valence-corrected chi connectivity index (χ2v) is 8.16. The van der Waals surface area contributed by atoms with Crippen LogP contribution < -0.4 is 10.1 Å². The summed E-state index contributed by atoms with van der Waals surface area (Å²) in [7, 11) is 0. The van der Waals surface area contributed by atoms with Gasteiger partial charge in [-0.2, -0.15) is 0 Å². The van der Waals surface area contributed by atoms with Crippen molar-refractivity contribution in [2.75, 3.05) is 25.1 Å². The smallest absolute Gasteiger partial charge is 0.335 e. The molecule has 2 aromatic carbocycles. The van der Waals surface area contributed by atoms with Gasteiger partial charge in [0, 0.05) is 37.0 Å². The lowest BCUT2D eigenvalue weighted by molar-refractivity contribution is -0.156. The van der Waals surface area contributed by atoms with E-state index in [0.717, 1.165) is 34.0 Å². The summed E-state index contributed by atoms with van der Waals surface area (Å²) in [6.45, 7) is 9.20. The Bertz CT molecular complexity index is 1100. The number of aromatic nitrogens is 1. The number of anilines is 1. The van der Waals surface area contributed by atoms with Crippen molar-refractivity contribution in [3.05, 3.63) is 71.9 Å². The third-order valence-corrected chi connectivity index (χ3v) is 5.55. The van der Waals surface area contributed by atoms with Gasteiger partial charge in [0.1, 0.15) is 12.4 Å². The van der Waals surface area contributed by atoms with Crippen LogP contribution >= 0.6 is 0 Å². The predicted octanol–water partition coefficient (Wildman–Crippen LogP) is 5.01. The number of aryl methyl sites for hydroxylation is 1. The number of hydrogen-bond acceptors (Lipinski definition) is 5. The van der Waals surface area contributed by atoms with Gasteiger partial charge >= 0.3 is 5.97 Å². The molecular formula is C28H34N2O5. The Balaban J connectivity index is 1.58. The first-order valence-electron chi connectivity index (χ1n) is 11.9. The molecule has 0 aliphatic carbocycles. The summed E-state index contributed by atoms with van der Waals surface area (Å²) in [4.78, 5) is 23.3. The Kier molecular flexibility index (Phi) is 9.49. The van der Waals surface area contributed by atoms with E-state index >= 15 is 0 Å². The minimum Gasteiger partial charge on any atom is -0.492 e. The lowest BCUT2D eigenvalue weighted by Crippen LogP contribution is -2.28. The lowest BCUT2D eigenvalue weighted by Gasteiger charge is -2.16. The minimum absolute atomic E-state index is 0.0877. The number of hydrogen-bond donors (Lipinski definition) is 1. The minimum atomic E-state index is -0.603. The molecule has 0 bridgehead atoms. The summed E-state index contributed by atoms with van der Waals surface area (Å²) in [5.41, 5.74) is 5.07. The Morgan fingerprint density at radius 3 is 2.29 bits per heavy atom. The number of benzene rings is 2. The fraction of sp³-hybridized carbons (Fsp3) is 0.357. The maximum Gasteiger partial charge on any atom is 0.335 e. The number of nitrogens with zero attached hydrogens (tertiary/aromatic N) is 1. The molecule has 3 aromatic rings. The molecule has 7 nitrogen and oxygen atoms in total. The monoisotopic (exact) mass is 478 g/mol. The molecule has 1 amide bonds. The molecule has 0 radical (unpaired) electrons. The van der Waals surface area contributed by atoms with Gasteiger partial charge < -0.3 is 24.1 Å². The summed E-state index contributed by atoms with van der Waals surface area (Å²) >= 11 is 0. The molecule has 35 heavy (non-hydrogen) atoms. The van der Waals surface area contributed by atoms with Crippen molar-refractivity contribution in [2.24, 2.45) is 0 Å². The van der Waals surface area contributed by atoms with Crippen LogP contribution in [0.2, 0.25) is 0 Å². The molecule has 1 unspecified atom stereocenters. The Labute approximate surface area is 207 Å². The lowest BCUT2D eigenvalue weighted by atomic mass is 10.1. The fourth-order valence-corrected chi connectivity index (χ4v) is 3.88. The van der Waals surface area contributed by atoms with Gasteiger partial charge in [-0.1, -0.05) is 24.3 Å². The van der Waals surface area contributed by atoms with Gasteiger partial charge in [-0.15, -0.1) is 0 Å². The van der Waals surface area contributed by atoms with Crippen LogP contribution in [-0.2, 0) is 32.0 Å². The van der Waals surface area contributed by atoms with E-state index in [9.17, 15) is 9.59 Å². The van der Waals surface area contributed by atoms with E-state index in [0.29, 0.717) is 32.8 Å². The first-order chi connectivity index (χ1) is 16.9. The highest BCUT2D eigenvalue weighted by molar-refractivity contribution is 5.88. The number of nitrogens with one attached hydrogen (secondary N) is 1. The molecule has 0 saturated carbocycles. The van der Waals surface area contributed by atoms with Crippen LogP contribution in [0.3, 0.4) is 0 Å². The number of ether oxygens (including phenoxy) is 3. The molecule has 186 valence electrons. The molecule has 0 fully saturated rings. The molecule has 0 spiro atoms. The van der Waals surface area contributed by atoms with E-state index in [1.54, 1.807) is 6.92 Å². The second-order valence-electron chi connectivity index (χ2n) is 8.16. The average Bonchev–Trinajstić information content (AvgIpc) is 3.20. The van der Waals surface area contributed by atoms with Crippen LogP contribution in [0.4, 0.5) is 5.69 Å². The summed E-state index contributed by atoms with van der Waals surface area (Å²) in [6, 6.07) is 19.7. The number of rotatable bonds is 12. The largest absolute Gasteiger partial charge is 0.492 e. The topological polar surface area (TPSA) is 78.8 Å². The molecule has 1 N–H and O–H groups in total. The Hall–Kier alpha value is -3.58. The molecule has 7 heteroatoms. The van der Waals surface area contributed by atoms with Gasteiger partial charge in [0.2, 0.25) is 5.91 Å². The molecular weight excluding hydrogens is 444 g/mol. The third-order valence-electron chi connectivity index (χ3n) is 5.55. The van der Waals surface area contributed by atoms with Crippen LogP contribution in [0, 0.1) is 6.92 Å². The average molecular weight is 479 g/mol. The molecule has 3 rings (SSSR count). The quantitative estimate of drug-likeness (QED) is 0.370. The second kappa shape index (κ2) is 12.8. The van der Waals surface area contributed by atoms with Crippen LogP contribution in [0.25, 0.3) is 11.3 Å². The highest BCUT2D eigenvalue weighted by Gasteiger charge is 2.20. The van der Waals surface area contributed by atoms with Crippen molar-refractivity contribution in [1.82, 2.24) is 4.57 Å². The normalized spacial score (nSPS) is 11.7. The maximum atomic E-state index is 12.1. The zero-order valence-corrected chi connectivity index (χ0v) is 20.9. The SMILES string of the molecule is CCOC(=O)C(Cc1ccc(OCCn2c(C)ccc2-c2ccc(NC(C)=O)cc2)cc1)OCC. The van der Waals surface area contributed by atoms with Crippen LogP contribution in [0.1, 0.15) is 32.0 Å². The molecule has 0 saturated heterocycles. The third kappa shape index (κ3) is 7.45. The number of carbonyl (C=O) groups excluding carboxylic acids is 2. The van der Waals surface area contributed by atoms with Gasteiger partial charge in [0.15, 0.2) is 6.10 Å². The Morgan fingerprint density at radius 2 is 1.66 bits per heavy atom. The number of amides is 1. The van der Waals surface area contributed by atoms with Crippen LogP contribution in [-0.4, -0.2) is 42.4 Å². The van der Waals surface area contributed by atoms with E-state index in [-0.39, 0.29) is 11.9 Å². The van der Waals surface area contributed by atoms with Crippen molar-refractivity contribution >= 4 is 17.6 Å². The molecule has 1 aromatic heterocycles.